The zero-order valence-corrected chi connectivity index (χ0v) is 30.8. The molecule has 272 valence electrons. The van der Waals surface area contributed by atoms with Crippen LogP contribution < -0.4 is 14.4 Å². The monoisotopic (exact) mass is 728 g/mol. The van der Waals surface area contributed by atoms with E-state index in [-0.39, 0.29) is 17.1 Å². The van der Waals surface area contributed by atoms with Crippen molar-refractivity contribution < 1.29 is 32.6 Å². The fraction of sp³-hybridized carbons (Fsp3) is 0.622. The summed E-state index contributed by atoms with van der Waals surface area (Å²) in [6, 6.07) is 11.2. The van der Waals surface area contributed by atoms with Gasteiger partial charge in [0.15, 0.2) is 5.60 Å². The number of rotatable bonds is 3. The van der Waals surface area contributed by atoms with Gasteiger partial charge in [-0.3, -0.25) is 9.59 Å². The van der Waals surface area contributed by atoms with E-state index in [0.29, 0.717) is 60.5 Å². The van der Waals surface area contributed by atoms with Crippen molar-refractivity contribution in [2.45, 2.75) is 74.9 Å². The number of aliphatic hydroxyl groups is 1. The van der Waals surface area contributed by atoms with E-state index in [1.165, 1.54) is 30.1 Å². The fourth-order valence-electron chi connectivity index (χ4n) is 8.89. The Morgan fingerprint density at radius 3 is 2.70 bits per heavy atom. The lowest BCUT2D eigenvalue weighted by Crippen LogP contribution is -2.52. The van der Waals surface area contributed by atoms with Crippen molar-refractivity contribution in [2.24, 2.45) is 17.8 Å². The summed E-state index contributed by atoms with van der Waals surface area (Å²) in [5.41, 5.74) is 0.497. The molecule has 2 aromatic carbocycles. The number of nitrogens with zero attached hydrogens (tertiary/aromatic N) is 3. The molecule has 50 heavy (non-hydrogen) atoms. The molecule has 2 fully saturated rings. The lowest BCUT2D eigenvalue weighted by molar-refractivity contribution is -0.148. The van der Waals surface area contributed by atoms with Crippen molar-refractivity contribution >= 4 is 39.3 Å². The Balaban J connectivity index is 1.34. The Morgan fingerprint density at radius 1 is 1.12 bits per heavy atom. The van der Waals surface area contributed by atoms with Gasteiger partial charge in [-0.15, -0.1) is 0 Å². The van der Waals surface area contributed by atoms with Gasteiger partial charge >= 0.3 is 10.2 Å². The Bertz CT molecular complexity index is 1760. The van der Waals surface area contributed by atoms with E-state index >= 15 is 0 Å². The van der Waals surface area contributed by atoms with Crippen LogP contribution in [0.25, 0.3) is 0 Å². The summed E-state index contributed by atoms with van der Waals surface area (Å²) in [5, 5.41) is 13.0. The number of anilines is 1. The van der Waals surface area contributed by atoms with Gasteiger partial charge in [-0.25, -0.2) is 4.72 Å². The van der Waals surface area contributed by atoms with E-state index in [4.69, 9.17) is 21.1 Å². The number of carbonyl (C=O) groups is 2. The lowest BCUT2D eigenvalue weighted by atomic mass is 9.67. The van der Waals surface area contributed by atoms with Crippen LogP contribution in [0.4, 0.5) is 5.69 Å². The van der Waals surface area contributed by atoms with E-state index in [2.05, 4.69) is 17.0 Å². The van der Waals surface area contributed by atoms with Gasteiger partial charge in [0.1, 0.15) is 5.75 Å². The number of fused-ring (bicyclic) bond motifs is 7. The number of hydrogen-bond acceptors (Lipinski definition) is 8. The van der Waals surface area contributed by atoms with Crippen LogP contribution in [0.1, 0.15) is 68.1 Å². The van der Waals surface area contributed by atoms with Crippen molar-refractivity contribution in [2.75, 3.05) is 58.9 Å². The normalized spacial score (nSPS) is 31.6. The van der Waals surface area contributed by atoms with Crippen LogP contribution >= 0.6 is 11.6 Å². The maximum absolute atomic E-state index is 13.9. The van der Waals surface area contributed by atoms with Crippen LogP contribution in [0.15, 0.2) is 36.4 Å². The second-order valence-corrected chi connectivity index (χ2v) is 17.8. The molecule has 1 spiro atoms. The molecule has 0 unspecified atom stereocenters. The van der Waals surface area contributed by atoms with E-state index in [1.807, 2.05) is 10.8 Å². The van der Waals surface area contributed by atoms with E-state index in [9.17, 15) is 23.1 Å². The molecule has 11 nitrogen and oxygen atoms in total. The number of hydrogen-bond donors (Lipinski definition) is 2. The van der Waals surface area contributed by atoms with Gasteiger partial charge in [-0.05, 0) is 110 Å². The summed E-state index contributed by atoms with van der Waals surface area (Å²) < 4.78 is 41.6. The number of nitrogens with one attached hydrogen (secondary N) is 1. The van der Waals surface area contributed by atoms with E-state index in [1.54, 1.807) is 25.2 Å². The number of halogens is 1. The van der Waals surface area contributed by atoms with Crippen molar-refractivity contribution in [3.63, 3.8) is 0 Å². The number of ether oxygens (including phenoxy) is 2. The van der Waals surface area contributed by atoms with Crippen LogP contribution in [0.5, 0.6) is 5.75 Å². The van der Waals surface area contributed by atoms with Gasteiger partial charge in [0.2, 0.25) is 5.91 Å². The molecule has 13 heteroatoms. The molecule has 6 atom stereocenters. The smallest absolute Gasteiger partial charge is 0.303 e. The number of amides is 2. The Kier molecular flexibility index (Phi) is 9.64. The van der Waals surface area contributed by atoms with Crippen LogP contribution in [0.3, 0.4) is 0 Å². The Labute approximate surface area is 300 Å². The minimum Gasteiger partial charge on any atom is -0.490 e. The van der Waals surface area contributed by atoms with Gasteiger partial charge in [-0.1, -0.05) is 23.7 Å². The van der Waals surface area contributed by atoms with Crippen molar-refractivity contribution in [3.05, 3.63) is 58.1 Å². The van der Waals surface area contributed by atoms with Crippen LogP contribution in [-0.4, -0.2) is 94.6 Å². The van der Waals surface area contributed by atoms with Crippen molar-refractivity contribution in [3.8, 4) is 5.75 Å². The quantitative estimate of drug-likeness (QED) is 0.486. The van der Waals surface area contributed by atoms with Crippen LogP contribution in [0, 0.1) is 17.8 Å². The third-order valence-corrected chi connectivity index (χ3v) is 13.8. The molecular weight excluding hydrogens is 680 g/mol. The van der Waals surface area contributed by atoms with Crippen LogP contribution in [-0.2, 0) is 42.0 Å². The van der Waals surface area contributed by atoms with Gasteiger partial charge in [0.25, 0.3) is 5.91 Å². The second-order valence-electron chi connectivity index (χ2n) is 15.4. The molecule has 7 rings (SSSR count). The van der Waals surface area contributed by atoms with E-state index in [0.717, 1.165) is 62.2 Å². The molecule has 0 aromatic heterocycles. The molecule has 2 N–H and O–H groups in total. The zero-order valence-electron chi connectivity index (χ0n) is 29.2. The first-order valence-corrected chi connectivity index (χ1v) is 19.7. The highest BCUT2D eigenvalue weighted by atomic mass is 35.5. The minimum atomic E-state index is -4.27. The summed E-state index contributed by atoms with van der Waals surface area (Å²) in [7, 11) is -0.0257. The average Bonchev–Trinajstić information content (AvgIpc) is 3.21. The first kappa shape index (κ1) is 35.5. The van der Waals surface area contributed by atoms with Gasteiger partial charge < -0.3 is 24.4 Å². The SMILES string of the molecule is CN1CC[C@H]2CCO[C@@H](C2)[C@@H]2CC[C@H]2CN2C[C@@]3(CCCc4cc(Cl)ccc43)COc3ccc(cc32)[C@](O)(C(=O)NS(=O)(=O)N(C)C)CC1=O. The third kappa shape index (κ3) is 6.62. The standard InChI is InChI=1S/C37H49ClN4O7S/c1-40(2)50(46,47)39-35(44)37(45)20-34(43)41(3)15-12-24-13-16-48-33(17-24)29-9-6-26(29)21-42-22-36(23-49-32-11-7-27(37)19-31(32)42)14-4-5-25-18-28(38)8-10-30(25)36/h7-8,10-11,18-19,24,26,29,33,45H,4-6,9,12-17,20-23H2,1-3H3,(H,39,44)/t24-,26-,29+,33-,36-,37-/m0/s1. The zero-order chi connectivity index (χ0) is 35.4. The maximum atomic E-state index is 13.9. The van der Waals surface area contributed by atoms with E-state index < -0.39 is 34.0 Å². The molecule has 2 aliphatic carbocycles. The average molecular weight is 729 g/mol. The molecule has 2 aromatic rings. The lowest BCUT2D eigenvalue weighted by Gasteiger charge is -2.48. The Hall–Kier alpha value is -2.90. The largest absolute Gasteiger partial charge is 0.490 e. The third-order valence-electron chi connectivity index (χ3n) is 12.1. The predicted octanol–water partition coefficient (Wildman–Crippen LogP) is 4.00. The molecule has 3 aliphatic heterocycles. The summed E-state index contributed by atoms with van der Waals surface area (Å²) in [4.78, 5) is 31.5. The van der Waals surface area contributed by atoms with Crippen molar-refractivity contribution in [1.82, 2.24) is 13.9 Å². The summed E-state index contributed by atoms with van der Waals surface area (Å²) in [5.74, 6) is 0.154. The molecule has 2 amide bonds. The van der Waals surface area contributed by atoms with Gasteiger partial charge in [0.05, 0.1) is 24.8 Å². The number of carbonyl (C=O) groups excluding carboxylic acids is 2. The topological polar surface area (TPSA) is 129 Å². The highest BCUT2D eigenvalue weighted by Gasteiger charge is 2.48. The number of benzene rings is 2. The van der Waals surface area contributed by atoms with Gasteiger partial charge in [0, 0.05) is 57.8 Å². The first-order chi connectivity index (χ1) is 23.8. The summed E-state index contributed by atoms with van der Waals surface area (Å²) in [6.45, 7) is 2.99. The van der Waals surface area contributed by atoms with Crippen LogP contribution in [0.2, 0.25) is 5.02 Å². The summed E-state index contributed by atoms with van der Waals surface area (Å²) in [6.07, 6.45) is 7.24. The predicted molar refractivity (Wildman–Crippen MR) is 190 cm³/mol. The maximum Gasteiger partial charge on any atom is 0.303 e. The molecule has 3 heterocycles. The fourth-order valence-corrected chi connectivity index (χ4v) is 9.67. The molecule has 1 saturated heterocycles. The van der Waals surface area contributed by atoms with Gasteiger partial charge in [-0.2, -0.15) is 12.7 Å². The molecule has 0 radical (unpaired) electrons. The molecular formula is C37H49ClN4O7S. The highest BCUT2D eigenvalue weighted by molar-refractivity contribution is 7.87. The molecule has 4 bridgehead atoms. The highest BCUT2D eigenvalue weighted by Crippen LogP contribution is 2.48. The molecule has 5 aliphatic rings. The minimum absolute atomic E-state index is 0.127. The Morgan fingerprint density at radius 2 is 1.94 bits per heavy atom. The first-order valence-electron chi connectivity index (χ1n) is 17.9. The van der Waals surface area contributed by atoms with Crippen molar-refractivity contribution in [1.29, 1.82) is 0 Å². The molecule has 1 saturated carbocycles. The number of aryl methyl sites for hydroxylation is 1. The second kappa shape index (κ2) is 13.6. The summed E-state index contributed by atoms with van der Waals surface area (Å²) >= 11 is 6.46.